The van der Waals surface area contributed by atoms with Crippen molar-refractivity contribution in [3.05, 3.63) is 84.7 Å². The van der Waals surface area contributed by atoms with Crippen molar-refractivity contribution in [3.8, 4) is 39.7 Å². The first-order chi connectivity index (χ1) is 30.3. The van der Waals surface area contributed by atoms with E-state index in [-0.39, 0.29) is 47.6 Å². The first-order valence-electron chi connectivity index (χ1n) is 21.8. The third-order valence-corrected chi connectivity index (χ3v) is 13.3. The number of ether oxygens (including phenoxy) is 2. The van der Waals surface area contributed by atoms with Crippen molar-refractivity contribution in [2.45, 2.75) is 84.0 Å². The second kappa shape index (κ2) is 17.6. The Hall–Kier alpha value is -6.69. The summed E-state index contributed by atoms with van der Waals surface area (Å²) in [6.45, 7) is 8.60. The molecule has 3 aromatic carbocycles. The molecular formula is C48H55N9O6. The first-order valence-corrected chi connectivity index (χ1v) is 21.8. The maximum absolute atomic E-state index is 13.9. The summed E-state index contributed by atoms with van der Waals surface area (Å²) in [5.41, 5.74) is 5.82. The Balaban J connectivity index is 0.963. The number of H-pyrrole nitrogens is 2. The van der Waals surface area contributed by atoms with E-state index in [2.05, 4.69) is 81.3 Å². The van der Waals surface area contributed by atoms with Crippen molar-refractivity contribution in [2.24, 2.45) is 23.2 Å². The highest BCUT2D eigenvalue weighted by Gasteiger charge is 2.55. The summed E-state index contributed by atoms with van der Waals surface area (Å²) in [4.78, 5) is 72.1. The van der Waals surface area contributed by atoms with Gasteiger partial charge in [0.05, 0.1) is 62.1 Å². The Morgan fingerprint density at radius 2 is 1.32 bits per heavy atom. The number of hydrogen-bond donors (Lipinski definition) is 4. The smallest absolute Gasteiger partial charge is 0.407 e. The van der Waals surface area contributed by atoms with Gasteiger partial charge in [-0.05, 0) is 82.5 Å². The fourth-order valence-electron chi connectivity index (χ4n) is 9.17. The van der Waals surface area contributed by atoms with Gasteiger partial charge >= 0.3 is 12.2 Å². The number of aromatic amines is 2. The number of nitrogens with zero attached hydrogens (tertiary/aromatic N) is 5. The molecule has 0 radical (unpaired) electrons. The number of aromatic nitrogens is 4. The monoisotopic (exact) mass is 853 g/mol. The third-order valence-electron chi connectivity index (χ3n) is 13.3. The minimum atomic E-state index is -0.795. The van der Waals surface area contributed by atoms with Crippen molar-refractivity contribution in [1.29, 1.82) is 5.26 Å². The molecule has 15 nitrogen and oxygen atoms in total. The number of carbonyl (C=O) groups excluding carboxylic acids is 4. The van der Waals surface area contributed by atoms with Crippen LogP contribution in [0.15, 0.2) is 73.1 Å². The normalized spacial score (nSPS) is 20.3. The number of fused-ring (bicyclic) bond motifs is 1. The molecule has 2 aromatic heterocycles. The maximum atomic E-state index is 13.9. The molecule has 1 aliphatic carbocycles. The van der Waals surface area contributed by atoms with E-state index in [1.165, 1.54) is 14.2 Å². The molecule has 8 rings (SSSR count). The van der Waals surface area contributed by atoms with E-state index >= 15 is 0 Å². The Morgan fingerprint density at radius 3 is 1.90 bits per heavy atom. The van der Waals surface area contributed by atoms with Crippen LogP contribution in [0.2, 0.25) is 0 Å². The van der Waals surface area contributed by atoms with Crippen molar-refractivity contribution < 1.29 is 28.7 Å². The van der Waals surface area contributed by atoms with Crippen LogP contribution in [0.1, 0.15) is 83.5 Å². The summed E-state index contributed by atoms with van der Waals surface area (Å²) in [6, 6.07) is 21.1. The number of hydrogen-bond acceptors (Lipinski definition) is 9. The summed E-state index contributed by atoms with van der Waals surface area (Å²) in [6.07, 6.45) is 6.39. The maximum Gasteiger partial charge on any atom is 0.407 e. The zero-order valence-corrected chi connectivity index (χ0v) is 36.6. The Labute approximate surface area is 366 Å². The summed E-state index contributed by atoms with van der Waals surface area (Å²) < 4.78 is 9.62. The van der Waals surface area contributed by atoms with Crippen LogP contribution in [-0.4, -0.2) is 93.1 Å². The van der Waals surface area contributed by atoms with Crippen LogP contribution in [0, 0.1) is 34.5 Å². The zero-order chi connectivity index (χ0) is 44.6. The van der Waals surface area contributed by atoms with Gasteiger partial charge in [0.1, 0.15) is 23.7 Å². The Kier molecular flexibility index (Phi) is 12.0. The third kappa shape index (κ3) is 8.71. The largest absolute Gasteiger partial charge is 0.453 e. The van der Waals surface area contributed by atoms with E-state index in [0.29, 0.717) is 25.2 Å². The number of rotatable bonds is 12. The van der Waals surface area contributed by atoms with Gasteiger partial charge in [-0.2, -0.15) is 5.26 Å². The fraction of sp³-hybridized carbons (Fsp3) is 0.438. The number of carbonyl (C=O) groups is 4. The molecular weight excluding hydrogens is 799 g/mol. The van der Waals surface area contributed by atoms with Crippen molar-refractivity contribution >= 4 is 34.8 Å². The Bertz CT molecular complexity index is 2550. The average Bonchev–Trinajstić information content (AvgIpc) is 3.80. The van der Waals surface area contributed by atoms with Crippen LogP contribution in [0.3, 0.4) is 0 Å². The molecule has 2 saturated heterocycles. The van der Waals surface area contributed by atoms with Crippen LogP contribution >= 0.6 is 0 Å². The molecule has 6 unspecified atom stereocenters. The van der Waals surface area contributed by atoms with Crippen LogP contribution in [0.25, 0.3) is 44.4 Å². The van der Waals surface area contributed by atoms with E-state index in [9.17, 15) is 24.4 Å². The molecule has 1 spiro atoms. The van der Waals surface area contributed by atoms with Gasteiger partial charge in [0, 0.05) is 18.7 Å². The molecule has 63 heavy (non-hydrogen) atoms. The average molecular weight is 854 g/mol. The highest BCUT2D eigenvalue weighted by atomic mass is 16.5. The topological polar surface area (TPSA) is 198 Å². The quantitative estimate of drug-likeness (QED) is 0.0964. The summed E-state index contributed by atoms with van der Waals surface area (Å²) in [7, 11) is 2.57. The second-order valence-corrected chi connectivity index (χ2v) is 17.8. The minimum absolute atomic E-state index is 0.112. The Morgan fingerprint density at radius 1 is 0.778 bits per heavy atom. The number of imidazole rings is 2. The number of nitrogens with one attached hydrogen (secondary N) is 4. The van der Waals surface area contributed by atoms with Crippen molar-refractivity contribution in [1.82, 2.24) is 40.4 Å². The van der Waals surface area contributed by atoms with Gasteiger partial charge in [-0.15, -0.1) is 0 Å². The predicted molar refractivity (Wildman–Crippen MR) is 236 cm³/mol. The molecule has 0 bridgehead atoms. The number of alkyl carbamates (subject to hydrolysis) is 2. The van der Waals surface area contributed by atoms with E-state index in [4.69, 9.17) is 19.4 Å². The molecule has 3 aliphatic rings. The number of benzene rings is 3. The molecule has 4 N–H and O–H groups in total. The van der Waals surface area contributed by atoms with Crippen LogP contribution in [-0.2, 0) is 19.1 Å². The van der Waals surface area contributed by atoms with Gasteiger partial charge in [0.15, 0.2) is 0 Å². The highest BCUT2D eigenvalue weighted by molar-refractivity contribution is 5.91. The lowest BCUT2D eigenvalue weighted by atomic mass is 9.97. The van der Waals surface area contributed by atoms with E-state index in [1.54, 1.807) is 11.1 Å². The summed E-state index contributed by atoms with van der Waals surface area (Å²) >= 11 is 0. The molecule has 3 fully saturated rings. The van der Waals surface area contributed by atoms with Gasteiger partial charge < -0.3 is 39.9 Å². The molecule has 328 valence electrons. The fourth-order valence-corrected chi connectivity index (χ4v) is 9.17. The van der Waals surface area contributed by atoms with Gasteiger partial charge in [0.25, 0.3) is 0 Å². The lowest BCUT2D eigenvalue weighted by Gasteiger charge is -2.30. The van der Waals surface area contributed by atoms with Gasteiger partial charge in [-0.25, -0.2) is 19.6 Å². The van der Waals surface area contributed by atoms with Crippen molar-refractivity contribution in [2.75, 3.05) is 27.3 Å². The molecule has 4 amide bonds. The first kappa shape index (κ1) is 43.0. The predicted octanol–water partition coefficient (Wildman–Crippen LogP) is 7.91. The van der Waals surface area contributed by atoms with Crippen molar-refractivity contribution in [3.63, 3.8) is 0 Å². The molecule has 5 aromatic rings. The van der Waals surface area contributed by atoms with E-state index in [1.807, 2.05) is 44.9 Å². The standard InChI is InChI=1S/C48H55N9O6/c1-7-28(4)41(55-47(61)63-6)45(59)56-25-29(22-49)18-38(56)42-50-24-37(53-42)35-15-14-33-19-32(12-13-34(33)20-35)30-8-10-31(11-9-30)36-23-51-43(52-36)39-21-48(16-17-48)26-57(39)44(58)40(27(2)3)54-46(60)62-5/h8-15,19-20,23-24,27-29,38-41H,7,16-18,21,25-26H2,1-6H3,(H,50,53)(H,51,52)(H,54,60)(H,55,61). The summed E-state index contributed by atoms with van der Waals surface area (Å²) in [5.74, 6) is 0.336. The summed E-state index contributed by atoms with van der Waals surface area (Å²) in [5, 5.41) is 17.4. The molecule has 2 aliphatic heterocycles. The lowest BCUT2D eigenvalue weighted by molar-refractivity contribution is -0.136. The molecule has 15 heteroatoms. The lowest BCUT2D eigenvalue weighted by Crippen LogP contribution is -2.51. The van der Waals surface area contributed by atoms with Crippen LogP contribution in [0.4, 0.5) is 9.59 Å². The van der Waals surface area contributed by atoms with Crippen LogP contribution in [0.5, 0.6) is 0 Å². The van der Waals surface area contributed by atoms with Gasteiger partial charge in [-0.1, -0.05) is 82.6 Å². The number of methoxy groups -OCH3 is 2. The van der Waals surface area contributed by atoms with E-state index < -0.39 is 30.3 Å². The van der Waals surface area contributed by atoms with E-state index in [0.717, 1.165) is 69.5 Å². The van der Waals surface area contributed by atoms with Gasteiger partial charge in [0.2, 0.25) is 11.8 Å². The number of nitriles is 1. The molecule has 4 heterocycles. The number of amides is 4. The van der Waals surface area contributed by atoms with Crippen LogP contribution < -0.4 is 10.6 Å². The highest BCUT2D eigenvalue weighted by Crippen LogP contribution is 2.58. The molecule has 1 saturated carbocycles. The number of likely N-dealkylation sites (tertiary alicyclic amines) is 2. The SMILES string of the molecule is CCC(C)C(NC(=O)OC)C(=O)N1CC(C#N)CC1c1ncc(-c2ccc3cc(-c4ccc(-c5cnc(C6CC7(CC7)CN6C(=O)C(NC(=O)OC)C(C)C)[nH]5)cc4)ccc3c2)[nH]1. The minimum Gasteiger partial charge on any atom is -0.453 e. The molecule has 6 atom stereocenters. The zero-order valence-electron chi connectivity index (χ0n) is 36.6. The second-order valence-electron chi connectivity index (χ2n) is 17.8. The van der Waals surface area contributed by atoms with Gasteiger partial charge in [-0.3, -0.25) is 9.59 Å².